The zero-order chi connectivity index (χ0) is 14.9. The van der Waals surface area contributed by atoms with Gasteiger partial charge in [-0.3, -0.25) is 0 Å². The molecule has 1 N–H and O–H groups in total. The molecule has 6 heteroatoms. The molecule has 1 saturated heterocycles. The van der Waals surface area contributed by atoms with Crippen LogP contribution in [0.1, 0.15) is 32.2 Å². The smallest absolute Gasteiger partial charge is 0.148 e. The van der Waals surface area contributed by atoms with Crippen LogP contribution in [0.5, 0.6) is 0 Å². The Hall–Kier alpha value is -0.910. The van der Waals surface area contributed by atoms with Crippen molar-refractivity contribution in [2.24, 2.45) is 0 Å². The largest absolute Gasteiger partial charge is 0.304 e. The van der Waals surface area contributed by atoms with E-state index in [9.17, 15) is 0 Å². The zero-order valence-corrected chi connectivity index (χ0v) is 13.8. The molecule has 1 aromatic heterocycles. The molecular formula is C14H24ClN5. The van der Waals surface area contributed by atoms with Gasteiger partial charge in [0.2, 0.25) is 0 Å². The molecule has 1 aromatic rings. The summed E-state index contributed by atoms with van der Waals surface area (Å²) in [5.74, 6) is 1.59. The molecule has 0 atom stereocenters. The van der Waals surface area contributed by atoms with Crippen LogP contribution in [0.2, 0.25) is 5.15 Å². The summed E-state index contributed by atoms with van der Waals surface area (Å²) >= 11 is 6.25. The van der Waals surface area contributed by atoms with E-state index in [1.807, 2.05) is 6.92 Å². The van der Waals surface area contributed by atoms with Crippen molar-refractivity contribution < 1.29 is 0 Å². The molecule has 0 radical (unpaired) electrons. The normalized spacial score (nSPS) is 18.3. The van der Waals surface area contributed by atoms with E-state index < -0.39 is 0 Å². The number of likely N-dealkylation sites (N-methyl/N-ethyl adjacent to an activating group) is 1. The summed E-state index contributed by atoms with van der Waals surface area (Å²) in [5, 5.41) is 2.72. The van der Waals surface area contributed by atoms with Crippen molar-refractivity contribution in [3.63, 3.8) is 0 Å². The van der Waals surface area contributed by atoms with E-state index in [2.05, 4.69) is 53.1 Å². The third-order valence-electron chi connectivity index (χ3n) is 3.52. The van der Waals surface area contributed by atoms with Gasteiger partial charge in [-0.2, -0.15) is 0 Å². The number of nitrogens with zero attached hydrogens (tertiary/aromatic N) is 4. The lowest BCUT2D eigenvalue weighted by atomic mass is 9.95. The van der Waals surface area contributed by atoms with E-state index in [0.29, 0.717) is 5.15 Å². The molecule has 112 valence electrons. The molecule has 1 fully saturated rings. The van der Waals surface area contributed by atoms with Crippen molar-refractivity contribution in [1.82, 2.24) is 19.9 Å². The van der Waals surface area contributed by atoms with E-state index >= 15 is 0 Å². The topological polar surface area (TPSA) is 44.3 Å². The van der Waals surface area contributed by atoms with Crippen LogP contribution in [-0.4, -0.2) is 53.1 Å². The summed E-state index contributed by atoms with van der Waals surface area (Å²) in [6.07, 6.45) is 0. The predicted octanol–water partition coefficient (Wildman–Crippen LogP) is 2.31. The molecule has 0 saturated carbocycles. The summed E-state index contributed by atoms with van der Waals surface area (Å²) in [7, 11) is 2.14. The molecule has 0 aromatic carbocycles. The first-order valence-electron chi connectivity index (χ1n) is 7.02. The standard InChI is InChI=1S/C14H24ClN5/c1-10-11(15)16-13(14(2,3)4)17-12(10)18-20-8-6-19(5)7-9-20/h6-9H2,1-5H3,(H,16,17,18). The molecule has 1 aliphatic rings. The number of piperazine rings is 1. The molecule has 2 heterocycles. The first-order valence-corrected chi connectivity index (χ1v) is 7.40. The van der Waals surface area contributed by atoms with Gasteiger partial charge < -0.3 is 10.3 Å². The van der Waals surface area contributed by atoms with Gasteiger partial charge in [0, 0.05) is 37.2 Å². The van der Waals surface area contributed by atoms with Crippen LogP contribution in [0.15, 0.2) is 0 Å². The van der Waals surface area contributed by atoms with Gasteiger partial charge in [-0.1, -0.05) is 32.4 Å². The van der Waals surface area contributed by atoms with Crippen LogP contribution < -0.4 is 5.43 Å². The SMILES string of the molecule is Cc1c(Cl)nc(C(C)(C)C)nc1NN1CCN(C)CC1. The quantitative estimate of drug-likeness (QED) is 0.849. The number of hydrazine groups is 1. The van der Waals surface area contributed by atoms with E-state index in [0.717, 1.165) is 43.4 Å². The van der Waals surface area contributed by atoms with Crippen LogP contribution >= 0.6 is 11.6 Å². The van der Waals surface area contributed by atoms with Crippen molar-refractivity contribution in [2.75, 3.05) is 38.7 Å². The fourth-order valence-corrected chi connectivity index (χ4v) is 2.17. The van der Waals surface area contributed by atoms with Gasteiger partial charge in [0.05, 0.1) is 0 Å². The second kappa shape index (κ2) is 5.84. The number of anilines is 1. The molecule has 2 rings (SSSR count). The Balaban J connectivity index is 2.20. The summed E-state index contributed by atoms with van der Waals surface area (Å²) < 4.78 is 0. The van der Waals surface area contributed by atoms with Crippen LogP contribution in [0.25, 0.3) is 0 Å². The summed E-state index contributed by atoms with van der Waals surface area (Å²) in [6, 6.07) is 0. The Morgan fingerprint density at radius 3 is 2.25 bits per heavy atom. The Morgan fingerprint density at radius 2 is 1.70 bits per heavy atom. The molecule has 0 amide bonds. The number of halogens is 1. The zero-order valence-electron chi connectivity index (χ0n) is 13.0. The first-order chi connectivity index (χ1) is 9.27. The lowest BCUT2D eigenvalue weighted by molar-refractivity contribution is 0.178. The maximum atomic E-state index is 6.25. The highest BCUT2D eigenvalue weighted by atomic mass is 35.5. The highest BCUT2D eigenvalue weighted by Gasteiger charge is 2.22. The van der Waals surface area contributed by atoms with Crippen LogP contribution in [0.3, 0.4) is 0 Å². The van der Waals surface area contributed by atoms with Gasteiger partial charge in [-0.05, 0) is 14.0 Å². The minimum absolute atomic E-state index is 0.115. The van der Waals surface area contributed by atoms with Crippen LogP contribution in [0, 0.1) is 6.92 Å². The average molecular weight is 298 g/mol. The number of nitrogens with one attached hydrogen (secondary N) is 1. The highest BCUT2D eigenvalue weighted by molar-refractivity contribution is 6.30. The van der Waals surface area contributed by atoms with Gasteiger partial charge in [0.15, 0.2) is 0 Å². The summed E-state index contributed by atoms with van der Waals surface area (Å²) in [4.78, 5) is 11.4. The van der Waals surface area contributed by atoms with E-state index in [-0.39, 0.29) is 5.41 Å². The lowest BCUT2D eigenvalue weighted by Gasteiger charge is -2.33. The molecule has 1 aliphatic heterocycles. The van der Waals surface area contributed by atoms with Gasteiger partial charge >= 0.3 is 0 Å². The van der Waals surface area contributed by atoms with Gasteiger partial charge in [0.25, 0.3) is 0 Å². The van der Waals surface area contributed by atoms with Crippen molar-refractivity contribution in [1.29, 1.82) is 0 Å². The van der Waals surface area contributed by atoms with Gasteiger partial charge in [-0.25, -0.2) is 15.0 Å². The Labute approximate surface area is 126 Å². The fourth-order valence-electron chi connectivity index (χ4n) is 2.00. The number of rotatable bonds is 2. The second-order valence-electron chi connectivity index (χ2n) is 6.46. The van der Waals surface area contributed by atoms with Crippen molar-refractivity contribution in [3.8, 4) is 0 Å². The summed E-state index contributed by atoms with van der Waals surface area (Å²) in [5.41, 5.74) is 4.18. The van der Waals surface area contributed by atoms with Crippen molar-refractivity contribution in [2.45, 2.75) is 33.1 Å². The molecule has 0 bridgehead atoms. The monoisotopic (exact) mass is 297 g/mol. The molecule has 0 aliphatic carbocycles. The molecular weight excluding hydrogens is 274 g/mol. The minimum Gasteiger partial charge on any atom is -0.304 e. The number of aromatic nitrogens is 2. The van der Waals surface area contributed by atoms with Crippen molar-refractivity contribution >= 4 is 17.4 Å². The average Bonchev–Trinajstić information content (AvgIpc) is 2.36. The van der Waals surface area contributed by atoms with E-state index in [4.69, 9.17) is 11.6 Å². The van der Waals surface area contributed by atoms with E-state index in [1.54, 1.807) is 0 Å². The molecule has 5 nitrogen and oxygen atoms in total. The predicted molar refractivity (Wildman–Crippen MR) is 83.2 cm³/mol. The lowest BCUT2D eigenvalue weighted by Crippen LogP contribution is -2.47. The second-order valence-corrected chi connectivity index (χ2v) is 6.82. The Morgan fingerprint density at radius 1 is 1.10 bits per heavy atom. The fraction of sp³-hybridized carbons (Fsp3) is 0.714. The van der Waals surface area contributed by atoms with Crippen molar-refractivity contribution in [3.05, 3.63) is 16.5 Å². The number of hydrogen-bond donors (Lipinski definition) is 1. The van der Waals surface area contributed by atoms with Crippen LogP contribution in [-0.2, 0) is 5.41 Å². The minimum atomic E-state index is -0.115. The maximum Gasteiger partial charge on any atom is 0.148 e. The Bertz CT molecular complexity index is 475. The van der Waals surface area contributed by atoms with Gasteiger partial charge in [0.1, 0.15) is 16.8 Å². The highest BCUT2D eigenvalue weighted by Crippen LogP contribution is 2.26. The van der Waals surface area contributed by atoms with Crippen LogP contribution in [0.4, 0.5) is 5.82 Å². The number of hydrogen-bond acceptors (Lipinski definition) is 5. The third kappa shape index (κ3) is 3.59. The molecule has 20 heavy (non-hydrogen) atoms. The molecule has 0 unspecified atom stereocenters. The third-order valence-corrected chi connectivity index (χ3v) is 3.89. The Kier molecular flexibility index (Phi) is 4.52. The summed E-state index contributed by atoms with van der Waals surface area (Å²) in [6.45, 7) is 12.3. The first kappa shape index (κ1) is 15.5. The maximum absolute atomic E-state index is 6.25. The molecule has 0 spiro atoms. The van der Waals surface area contributed by atoms with E-state index in [1.165, 1.54) is 0 Å². The van der Waals surface area contributed by atoms with Gasteiger partial charge in [-0.15, -0.1) is 0 Å².